The van der Waals surface area contributed by atoms with Gasteiger partial charge in [0.2, 0.25) is 5.91 Å². The lowest BCUT2D eigenvalue weighted by Crippen LogP contribution is -2.27. The number of benzene rings is 3. The number of rotatable bonds is 3. The zero-order valence-electron chi connectivity index (χ0n) is 15.5. The van der Waals surface area contributed by atoms with Gasteiger partial charge in [-0.2, -0.15) is 0 Å². The summed E-state index contributed by atoms with van der Waals surface area (Å²) < 4.78 is 0. The maximum absolute atomic E-state index is 13.7. The molecule has 1 amide bonds. The lowest BCUT2D eigenvalue weighted by Gasteiger charge is -2.30. The van der Waals surface area contributed by atoms with E-state index in [1.54, 1.807) is 0 Å². The van der Waals surface area contributed by atoms with E-state index in [2.05, 4.69) is 43.0 Å². The number of fused-ring (bicyclic) bond motifs is 3. The lowest BCUT2D eigenvalue weighted by atomic mass is 9.77. The zero-order chi connectivity index (χ0) is 19.1. The second-order valence-electron chi connectivity index (χ2n) is 7.42. The van der Waals surface area contributed by atoms with Gasteiger partial charge in [0, 0.05) is 11.6 Å². The molecule has 2 aliphatic rings. The molecule has 0 bridgehead atoms. The Morgan fingerprint density at radius 3 is 2.21 bits per heavy atom. The summed E-state index contributed by atoms with van der Waals surface area (Å²) in [4.78, 5) is 15.7. The van der Waals surface area contributed by atoms with Crippen LogP contribution in [-0.4, -0.2) is 10.8 Å². The standard InChI is InChI=1S/C26H21NO/c1-18(19-10-4-2-5-11-19)27-25(21-13-6-3-7-14-21)23-17-16-20-12-8-9-15-22(20)24(23)26(27)28/h2-17,23-25H,1H2/t23-,24+,25+/m1/s1. The van der Waals surface area contributed by atoms with Crippen LogP contribution in [0.25, 0.3) is 11.8 Å². The molecule has 1 saturated heterocycles. The number of hydrogen-bond acceptors (Lipinski definition) is 1. The lowest BCUT2D eigenvalue weighted by molar-refractivity contribution is -0.127. The summed E-state index contributed by atoms with van der Waals surface area (Å²) >= 11 is 0. The SMILES string of the molecule is C=C(c1ccccc1)N1C(=O)[C@H]2c3ccccc3C=C[C@H]2[C@@H]1c1ccccc1. The van der Waals surface area contributed by atoms with E-state index in [9.17, 15) is 4.79 Å². The van der Waals surface area contributed by atoms with Gasteiger partial charge in [-0.3, -0.25) is 4.79 Å². The summed E-state index contributed by atoms with van der Waals surface area (Å²) in [5.41, 5.74) is 5.14. The van der Waals surface area contributed by atoms with Crippen molar-refractivity contribution < 1.29 is 4.79 Å². The van der Waals surface area contributed by atoms with Gasteiger partial charge < -0.3 is 4.90 Å². The molecule has 0 N–H and O–H groups in total. The van der Waals surface area contributed by atoms with Gasteiger partial charge in [-0.1, -0.05) is 104 Å². The first-order chi connectivity index (χ1) is 13.8. The summed E-state index contributed by atoms with van der Waals surface area (Å²) in [5, 5.41) is 0. The van der Waals surface area contributed by atoms with Crippen molar-refractivity contribution in [2.24, 2.45) is 5.92 Å². The summed E-state index contributed by atoms with van der Waals surface area (Å²) in [6.07, 6.45) is 4.37. The van der Waals surface area contributed by atoms with Crippen molar-refractivity contribution in [1.82, 2.24) is 4.90 Å². The highest BCUT2D eigenvalue weighted by atomic mass is 16.2. The third-order valence-corrected chi connectivity index (χ3v) is 5.90. The van der Waals surface area contributed by atoms with Gasteiger partial charge in [-0.25, -0.2) is 0 Å². The monoisotopic (exact) mass is 363 g/mol. The number of carbonyl (C=O) groups excluding carboxylic acids is 1. The fourth-order valence-electron chi connectivity index (χ4n) is 4.62. The van der Waals surface area contributed by atoms with Crippen molar-refractivity contribution in [3.8, 4) is 0 Å². The molecule has 5 rings (SSSR count). The molecule has 3 aromatic carbocycles. The van der Waals surface area contributed by atoms with Gasteiger partial charge in [-0.05, 0) is 22.3 Å². The van der Waals surface area contributed by atoms with E-state index < -0.39 is 0 Å². The van der Waals surface area contributed by atoms with Crippen molar-refractivity contribution in [3.63, 3.8) is 0 Å². The van der Waals surface area contributed by atoms with Crippen LogP contribution >= 0.6 is 0 Å². The van der Waals surface area contributed by atoms with E-state index in [4.69, 9.17) is 0 Å². The predicted octanol–water partition coefficient (Wildman–Crippen LogP) is 5.67. The first-order valence-corrected chi connectivity index (χ1v) is 9.65. The van der Waals surface area contributed by atoms with Crippen LogP contribution in [0.15, 0.2) is 97.6 Å². The second-order valence-corrected chi connectivity index (χ2v) is 7.42. The number of nitrogens with zero attached hydrogens (tertiary/aromatic N) is 1. The number of amides is 1. The molecule has 1 heterocycles. The van der Waals surface area contributed by atoms with Gasteiger partial charge in [0.1, 0.15) is 0 Å². The Bertz CT molecular complexity index is 1070. The normalized spacial score (nSPS) is 22.6. The first-order valence-electron chi connectivity index (χ1n) is 9.65. The van der Waals surface area contributed by atoms with Crippen LogP contribution in [0.5, 0.6) is 0 Å². The smallest absolute Gasteiger partial charge is 0.235 e. The molecule has 1 fully saturated rings. The highest BCUT2D eigenvalue weighted by molar-refractivity contribution is 5.96. The minimum Gasteiger partial charge on any atom is -0.304 e. The average Bonchev–Trinajstić information content (AvgIpc) is 3.07. The summed E-state index contributed by atoms with van der Waals surface area (Å²) in [6.45, 7) is 4.33. The first kappa shape index (κ1) is 16.8. The molecule has 0 saturated carbocycles. The molecule has 3 aromatic rings. The molecule has 136 valence electrons. The Morgan fingerprint density at radius 2 is 1.46 bits per heavy atom. The quantitative estimate of drug-likeness (QED) is 0.587. The van der Waals surface area contributed by atoms with Crippen molar-refractivity contribution in [2.75, 3.05) is 0 Å². The van der Waals surface area contributed by atoms with Gasteiger partial charge >= 0.3 is 0 Å². The van der Waals surface area contributed by atoms with E-state index in [0.717, 1.165) is 28.0 Å². The molecule has 3 atom stereocenters. The van der Waals surface area contributed by atoms with E-state index in [1.807, 2.05) is 65.6 Å². The van der Waals surface area contributed by atoms with Crippen LogP contribution < -0.4 is 0 Å². The van der Waals surface area contributed by atoms with Crippen LogP contribution in [0.2, 0.25) is 0 Å². The molecular formula is C26H21NO. The maximum Gasteiger partial charge on any atom is 0.235 e. The Balaban J connectivity index is 1.66. The van der Waals surface area contributed by atoms with Crippen molar-refractivity contribution in [3.05, 3.63) is 120 Å². The van der Waals surface area contributed by atoms with E-state index in [0.29, 0.717) is 0 Å². The van der Waals surface area contributed by atoms with Crippen molar-refractivity contribution in [1.29, 1.82) is 0 Å². The minimum atomic E-state index is -0.174. The van der Waals surface area contributed by atoms with Crippen LogP contribution in [0.4, 0.5) is 0 Å². The van der Waals surface area contributed by atoms with Crippen LogP contribution in [-0.2, 0) is 4.79 Å². The van der Waals surface area contributed by atoms with E-state index in [1.165, 1.54) is 0 Å². The average molecular weight is 363 g/mol. The fraction of sp³-hybridized carbons (Fsp3) is 0.115. The highest BCUT2D eigenvalue weighted by Gasteiger charge is 2.50. The Labute approximate surface area is 165 Å². The van der Waals surface area contributed by atoms with Gasteiger partial charge in [0.25, 0.3) is 0 Å². The molecule has 0 unspecified atom stereocenters. The Hall–Kier alpha value is -3.39. The van der Waals surface area contributed by atoms with Crippen LogP contribution in [0.1, 0.15) is 34.2 Å². The molecule has 0 radical (unpaired) electrons. The largest absolute Gasteiger partial charge is 0.304 e. The Kier molecular flexibility index (Phi) is 3.98. The summed E-state index contributed by atoms with van der Waals surface area (Å²) in [5.74, 6) is 0.0432. The molecule has 28 heavy (non-hydrogen) atoms. The maximum atomic E-state index is 13.7. The van der Waals surface area contributed by atoms with Crippen molar-refractivity contribution >= 4 is 17.7 Å². The third kappa shape index (κ3) is 2.53. The summed E-state index contributed by atoms with van der Waals surface area (Å²) in [7, 11) is 0. The van der Waals surface area contributed by atoms with Crippen LogP contribution in [0, 0.1) is 5.92 Å². The van der Waals surface area contributed by atoms with Gasteiger partial charge in [0.05, 0.1) is 12.0 Å². The number of hydrogen-bond donors (Lipinski definition) is 0. The van der Waals surface area contributed by atoms with E-state index >= 15 is 0 Å². The van der Waals surface area contributed by atoms with Gasteiger partial charge in [-0.15, -0.1) is 0 Å². The number of carbonyl (C=O) groups is 1. The van der Waals surface area contributed by atoms with Crippen molar-refractivity contribution in [2.45, 2.75) is 12.0 Å². The molecule has 1 aliphatic heterocycles. The molecule has 1 aliphatic carbocycles. The summed E-state index contributed by atoms with van der Waals surface area (Å²) in [6, 6.07) is 28.5. The molecule has 2 heteroatoms. The highest BCUT2D eigenvalue weighted by Crippen LogP contribution is 2.52. The molecule has 2 nitrogen and oxygen atoms in total. The second kappa shape index (κ2) is 6.65. The Morgan fingerprint density at radius 1 is 0.821 bits per heavy atom. The number of likely N-dealkylation sites (tertiary alicyclic amines) is 1. The predicted molar refractivity (Wildman–Crippen MR) is 113 cm³/mol. The van der Waals surface area contributed by atoms with Gasteiger partial charge in [0.15, 0.2) is 0 Å². The van der Waals surface area contributed by atoms with Crippen LogP contribution in [0.3, 0.4) is 0 Å². The fourth-order valence-corrected chi connectivity index (χ4v) is 4.62. The zero-order valence-corrected chi connectivity index (χ0v) is 15.5. The third-order valence-electron chi connectivity index (χ3n) is 5.90. The topological polar surface area (TPSA) is 20.3 Å². The molecule has 0 aromatic heterocycles. The molecule has 0 spiro atoms. The van der Waals surface area contributed by atoms with E-state index in [-0.39, 0.29) is 23.8 Å². The molecular weight excluding hydrogens is 342 g/mol. The minimum absolute atomic E-state index is 0.0592.